The van der Waals surface area contributed by atoms with Gasteiger partial charge in [-0.15, -0.1) is 0 Å². The van der Waals surface area contributed by atoms with Crippen LogP contribution in [0.5, 0.6) is 0 Å². The summed E-state index contributed by atoms with van der Waals surface area (Å²) in [4.78, 5) is 5.05. The van der Waals surface area contributed by atoms with Crippen molar-refractivity contribution < 1.29 is 0 Å². The maximum Gasteiger partial charge on any atom is 0.237 e. The summed E-state index contributed by atoms with van der Waals surface area (Å²) in [6, 6.07) is 126. The zero-order valence-electron chi connectivity index (χ0n) is 54.0. The lowest BCUT2D eigenvalue weighted by Gasteiger charge is -2.34. The summed E-state index contributed by atoms with van der Waals surface area (Å²) in [5, 5.41) is 21.7. The summed E-state index contributed by atoms with van der Waals surface area (Å²) >= 11 is 0. The Balaban J connectivity index is 1.01. The number of fused-ring (bicyclic) bond motifs is 20. The van der Waals surface area contributed by atoms with Crippen molar-refractivity contribution in [3.05, 3.63) is 401 Å². The van der Waals surface area contributed by atoms with Crippen LogP contribution < -0.4 is 0 Å². The molecule has 19 aromatic rings. The van der Waals surface area contributed by atoms with Gasteiger partial charge in [-0.3, -0.25) is 0 Å². The lowest BCUT2D eigenvalue weighted by molar-refractivity contribution is 0.776. The number of hydrogen-bond acceptors (Lipinski definition) is 1. The summed E-state index contributed by atoms with van der Waals surface area (Å²) < 4.78 is 9.45. The Morgan fingerprint density at radius 1 is 0.260 bits per heavy atom. The summed E-state index contributed by atoms with van der Waals surface area (Å²) in [6.45, 7) is 10.4. The summed E-state index contributed by atoms with van der Waals surface area (Å²) in [5.41, 5.74) is 22.9. The molecule has 21 rings (SSSR count). The highest BCUT2D eigenvalue weighted by Crippen LogP contribution is 2.63. The molecule has 0 amide bonds. The van der Waals surface area contributed by atoms with Gasteiger partial charge in [0.2, 0.25) is 5.69 Å². The van der Waals surface area contributed by atoms with Crippen LogP contribution in [0, 0.1) is 17.9 Å². The lowest BCUT2D eigenvalue weighted by Crippen LogP contribution is -2.28. The average Bonchev–Trinajstić information content (AvgIpc) is 1.50. The quantitative estimate of drug-likeness (QED) is 0.140. The van der Waals surface area contributed by atoms with Crippen LogP contribution in [0.15, 0.2) is 340 Å². The van der Waals surface area contributed by atoms with Crippen molar-refractivity contribution in [1.29, 1.82) is 5.26 Å². The standard InChI is InChI=1S/C94H56N6/c1-96-88-89(99-80-52-28-20-44-71(80)84-82(99)56-54-69-63-38-14-22-46-74(63)93(86(69)84,59-30-6-2-7-31-59)60-32-8-3-9-33-60)73(58-95)90(97-76-48-24-16-40-65(76)66-41-17-25-49-77(66)97)92(91(88)98-78-50-26-18-42-67(78)68-43-19-27-51-79(68)98)100-81-53-29-21-45-72(81)85-83(100)57-55-70-64-39-15-23-47-75(64)94(87(70)85,61-34-10-4-11-35-61)62-36-12-5-13-37-62/h2-57H. The van der Waals surface area contributed by atoms with Crippen molar-refractivity contribution in [1.82, 2.24) is 18.3 Å². The molecule has 6 nitrogen and oxygen atoms in total. The zero-order chi connectivity index (χ0) is 66.0. The molecule has 0 N–H and O–H groups in total. The first-order valence-electron chi connectivity index (χ1n) is 34.2. The van der Waals surface area contributed by atoms with Gasteiger partial charge < -0.3 is 18.3 Å². The topological polar surface area (TPSA) is 47.9 Å². The fourth-order valence-electron chi connectivity index (χ4n) is 18.6. The first-order chi connectivity index (χ1) is 49.6. The first kappa shape index (κ1) is 55.7. The Kier molecular flexibility index (Phi) is 11.7. The van der Waals surface area contributed by atoms with Gasteiger partial charge >= 0.3 is 0 Å². The van der Waals surface area contributed by atoms with E-state index in [1.54, 1.807) is 0 Å². The van der Waals surface area contributed by atoms with Crippen molar-refractivity contribution >= 4 is 92.9 Å². The van der Waals surface area contributed by atoms with Gasteiger partial charge in [-0.2, -0.15) is 5.26 Å². The van der Waals surface area contributed by atoms with E-state index in [-0.39, 0.29) is 0 Å². The Bertz CT molecular complexity index is 6450. The molecule has 0 spiro atoms. The summed E-state index contributed by atoms with van der Waals surface area (Å²) in [6.07, 6.45) is 0. The number of benzene rings is 15. The Labute approximate surface area is 576 Å². The number of nitriles is 1. The molecule has 0 aliphatic heterocycles. The molecule has 0 bridgehead atoms. The molecule has 4 heterocycles. The van der Waals surface area contributed by atoms with Gasteiger partial charge in [0, 0.05) is 43.1 Å². The lowest BCUT2D eigenvalue weighted by atomic mass is 9.67. The maximum atomic E-state index is 13.3. The van der Waals surface area contributed by atoms with E-state index in [0.717, 1.165) is 126 Å². The van der Waals surface area contributed by atoms with Crippen LogP contribution in [-0.4, -0.2) is 18.3 Å². The number of rotatable bonds is 8. The largest absolute Gasteiger partial charge is 0.318 e. The van der Waals surface area contributed by atoms with Gasteiger partial charge in [0.25, 0.3) is 0 Å². The minimum Gasteiger partial charge on any atom is -0.318 e. The van der Waals surface area contributed by atoms with E-state index >= 15 is 0 Å². The van der Waals surface area contributed by atoms with E-state index in [4.69, 9.17) is 4.85 Å². The van der Waals surface area contributed by atoms with E-state index in [9.17, 15) is 11.8 Å². The molecule has 2 aliphatic rings. The second-order valence-electron chi connectivity index (χ2n) is 26.6. The van der Waals surface area contributed by atoms with Crippen molar-refractivity contribution in [3.63, 3.8) is 0 Å². The maximum absolute atomic E-state index is 13.3. The SMILES string of the molecule is [C-]#[N+]c1c(-n2c3ccccc3c3ccccc32)c(-n2c3ccccc3c3c4c(ccc32)-c2ccccc2C4(c2ccccc2)c2ccccc2)c(-n2c3ccccc3c3ccccc32)c(C#N)c1-n1c2ccccc2c2c3c(ccc21)-c1ccccc1C3(c1ccccc1)c1ccccc1. The van der Waals surface area contributed by atoms with Crippen LogP contribution >= 0.6 is 0 Å². The number of para-hydroxylation sites is 6. The fourth-order valence-corrected chi connectivity index (χ4v) is 18.6. The van der Waals surface area contributed by atoms with Crippen LogP contribution in [0.4, 0.5) is 5.69 Å². The summed E-state index contributed by atoms with van der Waals surface area (Å²) in [7, 11) is 0. The highest BCUT2D eigenvalue weighted by molar-refractivity contribution is 6.20. The number of hydrogen-bond donors (Lipinski definition) is 0. The van der Waals surface area contributed by atoms with Crippen molar-refractivity contribution in [3.8, 4) is 51.1 Å². The van der Waals surface area contributed by atoms with Crippen LogP contribution in [0.2, 0.25) is 0 Å². The average molecular weight is 1270 g/mol. The molecule has 462 valence electrons. The van der Waals surface area contributed by atoms with Gasteiger partial charge in [0.15, 0.2) is 0 Å². The van der Waals surface area contributed by atoms with Crippen LogP contribution in [0.1, 0.15) is 50.1 Å². The Morgan fingerprint density at radius 3 is 0.910 bits per heavy atom. The van der Waals surface area contributed by atoms with Crippen LogP contribution in [0.25, 0.3) is 137 Å². The van der Waals surface area contributed by atoms with Crippen molar-refractivity contribution in [2.75, 3.05) is 0 Å². The molecule has 0 unspecified atom stereocenters. The number of aromatic nitrogens is 4. The van der Waals surface area contributed by atoms with Gasteiger partial charge in [-0.25, -0.2) is 4.85 Å². The second-order valence-corrected chi connectivity index (χ2v) is 26.6. The monoisotopic (exact) mass is 1270 g/mol. The van der Waals surface area contributed by atoms with Gasteiger partial charge in [0.1, 0.15) is 6.07 Å². The Hall–Kier alpha value is -13.5. The molecular weight excluding hydrogens is 1210 g/mol. The van der Waals surface area contributed by atoms with E-state index in [0.29, 0.717) is 34.0 Å². The minimum absolute atomic E-state index is 0.328. The molecule has 0 atom stereocenters. The van der Waals surface area contributed by atoms with Crippen LogP contribution in [0.3, 0.4) is 0 Å². The molecule has 2 aliphatic carbocycles. The van der Waals surface area contributed by atoms with Gasteiger partial charge in [-0.1, -0.05) is 291 Å². The molecule has 15 aromatic carbocycles. The molecule has 0 saturated carbocycles. The highest BCUT2D eigenvalue weighted by Gasteiger charge is 2.50. The van der Waals surface area contributed by atoms with Gasteiger partial charge in [-0.05, 0) is 115 Å². The normalized spacial score (nSPS) is 13.3. The third-order valence-electron chi connectivity index (χ3n) is 22.1. The third kappa shape index (κ3) is 7.07. The predicted molar refractivity (Wildman–Crippen MR) is 409 cm³/mol. The zero-order valence-corrected chi connectivity index (χ0v) is 54.0. The predicted octanol–water partition coefficient (Wildman–Crippen LogP) is 23.2. The molecule has 0 fully saturated rings. The van der Waals surface area contributed by atoms with E-state index in [1.165, 1.54) is 27.8 Å². The highest BCUT2D eigenvalue weighted by atomic mass is 15.1. The van der Waals surface area contributed by atoms with E-state index in [1.807, 2.05) is 0 Å². The van der Waals surface area contributed by atoms with Crippen LogP contribution in [-0.2, 0) is 10.8 Å². The third-order valence-corrected chi connectivity index (χ3v) is 22.1. The van der Waals surface area contributed by atoms with E-state index in [2.05, 4.69) is 364 Å². The first-order valence-corrected chi connectivity index (χ1v) is 34.2. The molecule has 6 heteroatoms. The minimum atomic E-state index is -0.785. The molecular formula is C94H56N6. The van der Waals surface area contributed by atoms with Crippen molar-refractivity contribution in [2.24, 2.45) is 0 Å². The number of nitrogens with zero attached hydrogens (tertiary/aromatic N) is 6. The smallest absolute Gasteiger partial charge is 0.237 e. The fraction of sp³-hybridized carbons (Fsp3) is 0.0213. The molecule has 4 aromatic heterocycles. The second kappa shape index (κ2) is 21.0. The molecule has 0 radical (unpaired) electrons. The summed E-state index contributed by atoms with van der Waals surface area (Å²) in [5.74, 6) is 0. The van der Waals surface area contributed by atoms with Crippen molar-refractivity contribution in [2.45, 2.75) is 10.8 Å². The molecule has 0 saturated heterocycles. The van der Waals surface area contributed by atoms with Gasteiger partial charge in [0.05, 0.1) is 89.8 Å². The molecule has 100 heavy (non-hydrogen) atoms. The Morgan fingerprint density at radius 2 is 0.550 bits per heavy atom. The van der Waals surface area contributed by atoms with E-state index < -0.39 is 10.8 Å².